The molecule has 0 saturated heterocycles. The zero-order valence-electron chi connectivity index (χ0n) is 11.5. The van der Waals surface area contributed by atoms with Crippen molar-refractivity contribution in [3.05, 3.63) is 53.2 Å². The van der Waals surface area contributed by atoms with Crippen LogP contribution >= 0.6 is 11.6 Å². The number of phenolic OH excluding ortho intramolecular Hbond substituents is 1. The van der Waals surface area contributed by atoms with E-state index in [1.807, 2.05) is 0 Å². The second kappa shape index (κ2) is 5.33. The number of phenols is 1. The molecule has 0 aliphatic carbocycles. The Balaban J connectivity index is 2.32. The van der Waals surface area contributed by atoms with Gasteiger partial charge < -0.3 is 15.3 Å². The molecule has 0 saturated carbocycles. The summed E-state index contributed by atoms with van der Waals surface area (Å²) < 4.78 is 0.825. The third-order valence-electron chi connectivity index (χ3n) is 3.51. The second-order valence-electron chi connectivity index (χ2n) is 4.90. The van der Waals surface area contributed by atoms with Crippen LogP contribution in [0, 0.1) is 0 Å². The molecular formula is C16H10ClNO5. The average molecular weight is 332 g/mol. The van der Waals surface area contributed by atoms with E-state index < -0.39 is 12.1 Å². The predicted octanol–water partition coefficient (Wildman–Crippen LogP) is 3.89. The van der Waals surface area contributed by atoms with Crippen LogP contribution in [-0.4, -0.2) is 31.9 Å². The van der Waals surface area contributed by atoms with Crippen molar-refractivity contribution in [1.29, 1.82) is 0 Å². The molecule has 7 heteroatoms. The Labute approximate surface area is 134 Å². The first-order chi connectivity index (χ1) is 10.9. The van der Waals surface area contributed by atoms with E-state index in [1.54, 1.807) is 12.1 Å². The predicted molar refractivity (Wildman–Crippen MR) is 84.4 cm³/mol. The van der Waals surface area contributed by atoms with Crippen LogP contribution in [0.3, 0.4) is 0 Å². The topological polar surface area (TPSA) is 99.8 Å². The number of hydrogen-bond acceptors (Lipinski definition) is 3. The number of nitrogens with zero attached hydrogens (tertiary/aromatic N) is 1. The van der Waals surface area contributed by atoms with Gasteiger partial charge in [0.1, 0.15) is 5.75 Å². The largest absolute Gasteiger partial charge is 0.508 e. The molecule has 0 aliphatic rings. The fourth-order valence-electron chi connectivity index (χ4n) is 2.44. The smallest absolute Gasteiger partial charge is 0.416 e. The van der Waals surface area contributed by atoms with E-state index in [9.17, 15) is 24.9 Å². The summed E-state index contributed by atoms with van der Waals surface area (Å²) in [4.78, 5) is 22.6. The first-order valence-corrected chi connectivity index (χ1v) is 6.87. The number of halogens is 1. The van der Waals surface area contributed by atoms with Crippen molar-refractivity contribution in [3.8, 4) is 16.9 Å². The highest BCUT2D eigenvalue weighted by Crippen LogP contribution is 2.35. The van der Waals surface area contributed by atoms with Gasteiger partial charge >= 0.3 is 12.1 Å². The number of carboxylic acid groups (broad SMARTS) is 2. The van der Waals surface area contributed by atoms with Gasteiger partial charge in [-0.1, -0.05) is 23.7 Å². The third kappa shape index (κ3) is 2.49. The van der Waals surface area contributed by atoms with Crippen molar-refractivity contribution in [2.24, 2.45) is 0 Å². The maximum Gasteiger partial charge on any atom is 0.416 e. The lowest BCUT2D eigenvalue weighted by atomic mass is 10.0. The molecule has 0 spiro atoms. The highest BCUT2D eigenvalue weighted by Gasteiger charge is 2.19. The van der Waals surface area contributed by atoms with Crippen LogP contribution in [-0.2, 0) is 0 Å². The summed E-state index contributed by atoms with van der Waals surface area (Å²) in [6.45, 7) is 0. The normalized spacial score (nSPS) is 10.8. The van der Waals surface area contributed by atoms with E-state index in [0.29, 0.717) is 11.1 Å². The zero-order chi connectivity index (χ0) is 16.7. The minimum absolute atomic E-state index is 0.0919. The molecule has 0 aliphatic heterocycles. The number of benzene rings is 2. The van der Waals surface area contributed by atoms with E-state index in [4.69, 9.17) is 11.6 Å². The molecule has 0 atom stereocenters. The lowest BCUT2D eigenvalue weighted by molar-refractivity contribution is 0.0699. The maximum atomic E-state index is 11.4. The molecule has 1 aromatic heterocycles. The van der Waals surface area contributed by atoms with E-state index in [1.165, 1.54) is 24.3 Å². The van der Waals surface area contributed by atoms with Gasteiger partial charge in [-0.25, -0.2) is 9.59 Å². The van der Waals surface area contributed by atoms with Gasteiger partial charge in [0.05, 0.1) is 16.1 Å². The van der Waals surface area contributed by atoms with Gasteiger partial charge in [0.25, 0.3) is 0 Å². The molecule has 0 fully saturated rings. The number of aromatic carboxylic acids is 1. The maximum absolute atomic E-state index is 11.4. The Morgan fingerprint density at radius 3 is 2.26 bits per heavy atom. The van der Waals surface area contributed by atoms with E-state index in [-0.39, 0.29) is 27.2 Å². The first kappa shape index (κ1) is 14.9. The molecule has 3 aromatic rings. The van der Waals surface area contributed by atoms with E-state index in [0.717, 1.165) is 10.8 Å². The summed E-state index contributed by atoms with van der Waals surface area (Å²) in [6, 6.07) is 9.19. The molecule has 6 nitrogen and oxygen atoms in total. The van der Waals surface area contributed by atoms with E-state index in [2.05, 4.69) is 0 Å². The second-order valence-corrected chi connectivity index (χ2v) is 5.30. The molecular weight excluding hydrogens is 322 g/mol. The number of fused-ring (bicyclic) bond motifs is 1. The molecule has 0 unspecified atom stereocenters. The van der Waals surface area contributed by atoms with Crippen molar-refractivity contribution in [2.75, 3.05) is 0 Å². The Hall–Kier alpha value is -2.99. The van der Waals surface area contributed by atoms with Crippen molar-refractivity contribution in [1.82, 2.24) is 4.57 Å². The molecule has 0 amide bonds. The van der Waals surface area contributed by atoms with Gasteiger partial charge in [0, 0.05) is 17.1 Å². The average Bonchev–Trinajstić information content (AvgIpc) is 2.86. The minimum Gasteiger partial charge on any atom is -0.508 e. The fourth-order valence-corrected chi connectivity index (χ4v) is 2.70. The van der Waals surface area contributed by atoms with Crippen LogP contribution < -0.4 is 0 Å². The number of aromatic nitrogens is 1. The van der Waals surface area contributed by atoms with Crippen LogP contribution in [0.4, 0.5) is 4.79 Å². The lowest BCUT2D eigenvalue weighted by Crippen LogP contribution is -2.06. The number of aromatic hydroxyl groups is 1. The summed E-state index contributed by atoms with van der Waals surface area (Å²) in [5.41, 5.74) is 1.29. The van der Waals surface area contributed by atoms with Gasteiger partial charge in [0.2, 0.25) is 0 Å². The number of carboxylic acids is 1. The van der Waals surface area contributed by atoms with Crippen molar-refractivity contribution < 1.29 is 24.9 Å². The number of carbonyl (C=O) groups is 2. The molecule has 0 radical (unpaired) electrons. The van der Waals surface area contributed by atoms with Crippen LogP contribution in [0.25, 0.3) is 22.0 Å². The van der Waals surface area contributed by atoms with Crippen LogP contribution in [0.2, 0.25) is 5.02 Å². The Kier molecular flexibility index (Phi) is 3.46. The monoisotopic (exact) mass is 331 g/mol. The Morgan fingerprint density at radius 1 is 1.04 bits per heavy atom. The van der Waals surface area contributed by atoms with Crippen LogP contribution in [0.15, 0.2) is 42.6 Å². The van der Waals surface area contributed by atoms with Crippen LogP contribution in [0.5, 0.6) is 5.75 Å². The summed E-state index contributed by atoms with van der Waals surface area (Å²) in [6.07, 6.45) is -0.248. The molecule has 0 bridgehead atoms. The summed E-state index contributed by atoms with van der Waals surface area (Å²) >= 11 is 6.23. The number of rotatable bonds is 2. The first-order valence-electron chi connectivity index (χ1n) is 6.49. The van der Waals surface area contributed by atoms with Gasteiger partial charge in [-0.05, 0) is 29.8 Å². The van der Waals surface area contributed by atoms with Gasteiger partial charge in [-0.2, -0.15) is 0 Å². The fraction of sp³-hybridized carbons (Fsp3) is 0. The van der Waals surface area contributed by atoms with E-state index >= 15 is 0 Å². The molecule has 23 heavy (non-hydrogen) atoms. The zero-order valence-corrected chi connectivity index (χ0v) is 12.3. The summed E-state index contributed by atoms with van der Waals surface area (Å²) in [7, 11) is 0. The standard InChI is InChI=1S/C16H10ClNO5/c17-13-6-14-11(12(15(20)21)7-18(14)16(22)23)5-10(13)8-1-3-9(19)4-2-8/h1-7,19H,(H,20,21)(H,22,23). The minimum atomic E-state index is -1.30. The highest BCUT2D eigenvalue weighted by molar-refractivity contribution is 6.34. The SMILES string of the molecule is O=C(O)c1cn(C(=O)O)c2cc(Cl)c(-c3ccc(O)cc3)cc12. The van der Waals surface area contributed by atoms with Crippen molar-refractivity contribution in [3.63, 3.8) is 0 Å². The van der Waals surface area contributed by atoms with Crippen molar-refractivity contribution in [2.45, 2.75) is 0 Å². The van der Waals surface area contributed by atoms with Gasteiger partial charge in [-0.15, -0.1) is 0 Å². The van der Waals surface area contributed by atoms with Crippen LogP contribution in [0.1, 0.15) is 10.4 Å². The highest BCUT2D eigenvalue weighted by atomic mass is 35.5. The van der Waals surface area contributed by atoms with Crippen molar-refractivity contribution >= 4 is 34.6 Å². The molecule has 3 rings (SSSR count). The molecule has 3 N–H and O–H groups in total. The molecule has 116 valence electrons. The number of hydrogen-bond donors (Lipinski definition) is 3. The summed E-state index contributed by atoms with van der Waals surface area (Å²) in [5, 5.41) is 28.4. The third-order valence-corrected chi connectivity index (χ3v) is 3.82. The van der Waals surface area contributed by atoms with Gasteiger partial charge in [-0.3, -0.25) is 4.57 Å². The molecule has 1 heterocycles. The summed E-state index contributed by atoms with van der Waals surface area (Å²) in [5.74, 6) is -1.14. The Bertz CT molecular complexity index is 943. The molecule has 2 aromatic carbocycles. The van der Waals surface area contributed by atoms with Gasteiger partial charge in [0.15, 0.2) is 0 Å². The lowest BCUT2D eigenvalue weighted by Gasteiger charge is -2.07. The Morgan fingerprint density at radius 2 is 1.70 bits per heavy atom. The quantitative estimate of drug-likeness (QED) is 0.661.